The zero-order chi connectivity index (χ0) is 25.7. The molecule has 1 amide bonds. The molecule has 0 fully saturated rings. The van der Waals surface area contributed by atoms with Gasteiger partial charge in [-0.05, 0) is 56.0 Å². The number of hydrogen-bond donors (Lipinski definition) is 2. The van der Waals surface area contributed by atoms with Crippen LogP contribution in [0, 0.1) is 0 Å². The lowest BCUT2D eigenvalue weighted by Gasteiger charge is -2.22. The summed E-state index contributed by atoms with van der Waals surface area (Å²) in [6, 6.07) is 19.6. The number of carbonyl (C=O) groups is 2. The van der Waals surface area contributed by atoms with Crippen molar-refractivity contribution < 1.29 is 24.2 Å². The Morgan fingerprint density at radius 2 is 1.75 bits per heavy atom. The summed E-state index contributed by atoms with van der Waals surface area (Å²) in [5.41, 5.74) is 1.73. The molecular weight excluding hydrogens is 458 g/mol. The Morgan fingerprint density at radius 1 is 1.03 bits per heavy atom. The van der Waals surface area contributed by atoms with Crippen molar-refractivity contribution in [2.45, 2.75) is 38.8 Å². The van der Waals surface area contributed by atoms with Crippen LogP contribution in [0.2, 0.25) is 0 Å². The van der Waals surface area contributed by atoms with Gasteiger partial charge in [0.25, 0.3) is 0 Å². The Labute approximate surface area is 208 Å². The average Bonchev–Trinajstić information content (AvgIpc) is 2.84. The van der Waals surface area contributed by atoms with E-state index < -0.39 is 23.7 Å². The molecule has 184 valence electrons. The van der Waals surface area contributed by atoms with Gasteiger partial charge in [-0.25, -0.2) is 14.6 Å². The zero-order valence-corrected chi connectivity index (χ0v) is 20.3. The van der Waals surface area contributed by atoms with Gasteiger partial charge in [0.15, 0.2) is 0 Å². The van der Waals surface area contributed by atoms with Gasteiger partial charge in [0, 0.05) is 24.4 Å². The second kappa shape index (κ2) is 10.4. The first-order valence-electron chi connectivity index (χ1n) is 11.5. The van der Waals surface area contributed by atoms with E-state index in [0.717, 1.165) is 22.0 Å². The van der Waals surface area contributed by atoms with Gasteiger partial charge in [0.2, 0.25) is 5.88 Å². The molecule has 8 heteroatoms. The molecular formula is C28H27N3O5. The predicted octanol–water partition coefficient (Wildman–Crippen LogP) is 5.61. The first-order valence-corrected chi connectivity index (χ1v) is 11.5. The van der Waals surface area contributed by atoms with E-state index in [-0.39, 0.29) is 6.42 Å². The minimum absolute atomic E-state index is 0.0868. The van der Waals surface area contributed by atoms with Crippen LogP contribution in [-0.2, 0) is 16.0 Å². The standard InChI is InChI=1S/C28H27N3O5/c1-28(2,3)36-27(34)31-24(26(32)33)15-18-9-11-21(12-10-18)35-25-22-17-29-14-13-20(22)16-23(30-25)19-7-5-4-6-8-19/h4-14,16-17,24H,15H2,1-3H3,(H,31,34)(H,32,33). The molecule has 0 saturated heterocycles. The van der Waals surface area contributed by atoms with Gasteiger partial charge < -0.3 is 19.9 Å². The maximum atomic E-state index is 12.0. The number of rotatable bonds is 7. The summed E-state index contributed by atoms with van der Waals surface area (Å²) in [7, 11) is 0. The van der Waals surface area contributed by atoms with E-state index in [1.807, 2.05) is 42.5 Å². The lowest BCUT2D eigenvalue weighted by atomic mass is 10.1. The number of ether oxygens (including phenoxy) is 2. The summed E-state index contributed by atoms with van der Waals surface area (Å²) < 4.78 is 11.3. The molecule has 2 heterocycles. The lowest BCUT2D eigenvalue weighted by molar-refractivity contribution is -0.139. The molecule has 36 heavy (non-hydrogen) atoms. The summed E-state index contributed by atoms with van der Waals surface area (Å²) in [6.07, 6.45) is 2.74. The van der Waals surface area contributed by atoms with E-state index in [0.29, 0.717) is 17.2 Å². The van der Waals surface area contributed by atoms with Crippen LogP contribution in [0.1, 0.15) is 26.3 Å². The highest BCUT2D eigenvalue weighted by atomic mass is 16.6. The van der Waals surface area contributed by atoms with Gasteiger partial charge in [-0.2, -0.15) is 0 Å². The van der Waals surface area contributed by atoms with E-state index >= 15 is 0 Å². The fraction of sp³-hybridized carbons (Fsp3) is 0.214. The van der Waals surface area contributed by atoms with E-state index in [1.54, 1.807) is 57.4 Å². The highest BCUT2D eigenvalue weighted by molar-refractivity contribution is 5.89. The Hall–Kier alpha value is -4.46. The van der Waals surface area contributed by atoms with E-state index in [4.69, 9.17) is 14.5 Å². The molecule has 0 bridgehead atoms. The fourth-order valence-electron chi connectivity index (χ4n) is 3.58. The first kappa shape index (κ1) is 24.7. The van der Waals surface area contributed by atoms with E-state index in [1.165, 1.54) is 0 Å². The van der Waals surface area contributed by atoms with Crippen LogP contribution in [-0.4, -0.2) is 38.8 Å². The van der Waals surface area contributed by atoms with Gasteiger partial charge in [-0.1, -0.05) is 42.5 Å². The van der Waals surface area contributed by atoms with Crippen molar-refractivity contribution in [1.29, 1.82) is 0 Å². The number of nitrogens with one attached hydrogen (secondary N) is 1. The molecule has 2 aromatic heterocycles. The number of hydrogen-bond acceptors (Lipinski definition) is 6. The average molecular weight is 486 g/mol. The van der Waals surface area contributed by atoms with Crippen molar-refractivity contribution in [3.63, 3.8) is 0 Å². The van der Waals surface area contributed by atoms with Crippen molar-refractivity contribution in [3.8, 4) is 22.9 Å². The quantitative estimate of drug-likeness (QED) is 0.350. The molecule has 0 aliphatic carbocycles. The van der Waals surface area contributed by atoms with E-state index in [2.05, 4.69) is 10.3 Å². The van der Waals surface area contributed by atoms with Gasteiger partial charge in [-0.3, -0.25) is 4.98 Å². The monoisotopic (exact) mass is 485 g/mol. The van der Waals surface area contributed by atoms with Crippen LogP contribution in [0.25, 0.3) is 22.0 Å². The molecule has 4 rings (SSSR count). The molecule has 0 saturated carbocycles. The van der Waals surface area contributed by atoms with Crippen molar-refractivity contribution in [3.05, 3.63) is 84.7 Å². The molecule has 1 unspecified atom stereocenters. The number of nitrogens with zero attached hydrogens (tertiary/aromatic N) is 2. The number of carbonyl (C=O) groups excluding carboxylic acids is 1. The molecule has 2 N–H and O–H groups in total. The van der Waals surface area contributed by atoms with Crippen LogP contribution < -0.4 is 10.1 Å². The molecule has 0 radical (unpaired) electrons. The topological polar surface area (TPSA) is 111 Å². The number of carboxylic acid groups (broad SMARTS) is 1. The molecule has 2 aromatic carbocycles. The van der Waals surface area contributed by atoms with Crippen LogP contribution >= 0.6 is 0 Å². The highest BCUT2D eigenvalue weighted by Crippen LogP contribution is 2.31. The lowest BCUT2D eigenvalue weighted by Crippen LogP contribution is -2.44. The number of carboxylic acids is 1. The first-order chi connectivity index (χ1) is 17.2. The molecule has 0 aliphatic rings. The van der Waals surface area contributed by atoms with Crippen LogP contribution in [0.5, 0.6) is 11.6 Å². The fourth-order valence-corrected chi connectivity index (χ4v) is 3.58. The van der Waals surface area contributed by atoms with Crippen molar-refractivity contribution in [1.82, 2.24) is 15.3 Å². The van der Waals surface area contributed by atoms with Gasteiger partial charge >= 0.3 is 12.1 Å². The molecule has 0 spiro atoms. The number of fused-ring (bicyclic) bond motifs is 1. The largest absolute Gasteiger partial charge is 0.480 e. The van der Waals surface area contributed by atoms with Crippen LogP contribution in [0.15, 0.2) is 79.1 Å². The second-order valence-electron chi connectivity index (χ2n) is 9.26. The maximum Gasteiger partial charge on any atom is 0.408 e. The summed E-state index contributed by atoms with van der Waals surface area (Å²) >= 11 is 0. The molecule has 0 aliphatic heterocycles. The summed E-state index contributed by atoms with van der Waals surface area (Å²) in [5.74, 6) is -0.196. The third-order valence-corrected chi connectivity index (χ3v) is 5.24. The maximum absolute atomic E-state index is 12.0. The number of amides is 1. The number of benzene rings is 2. The molecule has 1 atom stereocenters. The molecule has 8 nitrogen and oxygen atoms in total. The minimum atomic E-state index is -1.15. The number of aliphatic carboxylic acids is 1. The number of alkyl carbamates (subject to hydrolysis) is 1. The summed E-state index contributed by atoms with van der Waals surface area (Å²) in [6.45, 7) is 5.14. The summed E-state index contributed by atoms with van der Waals surface area (Å²) in [4.78, 5) is 32.6. The van der Waals surface area contributed by atoms with Crippen LogP contribution in [0.4, 0.5) is 4.79 Å². The van der Waals surface area contributed by atoms with Gasteiger partial charge in [-0.15, -0.1) is 0 Å². The number of aromatic nitrogens is 2. The van der Waals surface area contributed by atoms with Crippen molar-refractivity contribution >= 4 is 22.8 Å². The highest BCUT2D eigenvalue weighted by Gasteiger charge is 2.24. The Kier molecular flexibility index (Phi) is 7.15. The minimum Gasteiger partial charge on any atom is -0.480 e. The second-order valence-corrected chi connectivity index (χ2v) is 9.26. The summed E-state index contributed by atoms with van der Waals surface area (Å²) in [5, 5.41) is 13.7. The van der Waals surface area contributed by atoms with Crippen LogP contribution in [0.3, 0.4) is 0 Å². The normalized spacial score (nSPS) is 12.1. The Balaban J connectivity index is 1.53. The molecule has 4 aromatic rings. The Bertz CT molecular complexity index is 1370. The van der Waals surface area contributed by atoms with Gasteiger partial charge in [0.1, 0.15) is 17.4 Å². The smallest absolute Gasteiger partial charge is 0.408 e. The SMILES string of the molecule is CC(C)(C)OC(=O)NC(Cc1ccc(Oc2nc(-c3ccccc3)cc3ccncc23)cc1)C(=O)O. The third-order valence-electron chi connectivity index (χ3n) is 5.24. The Morgan fingerprint density at radius 3 is 2.42 bits per heavy atom. The van der Waals surface area contributed by atoms with Gasteiger partial charge in [0.05, 0.1) is 11.1 Å². The zero-order valence-electron chi connectivity index (χ0n) is 20.3. The van der Waals surface area contributed by atoms with Crippen molar-refractivity contribution in [2.24, 2.45) is 0 Å². The third kappa shape index (κ3) is 6.35. The van der Waals surface area contributed by atoms with E-state index in [9.17, 15) is 14.7 Å². The predicted molar refractivity (Wildman–Crippen MR) is 136 cm³/mol. The number of pyridine rings is 2. The van der Waals surface area contributed by atoms with Crippen molar-refractivity contribution in [2.75, 3.05) is 0 Å².